The number of benzene rings is 1. The molecule has 1 atom stereocenters. The van der Waals surface area contributed by atoms with Crippen molar-refractivity contribution in [3.8, 4) is 0 Å². The summed E-state index contributed by atoms with van der Waals surface area (Å²) in [4.78, 5) is 27.4. The molecule has 0 saturated carbocycles. The zero-order valence-electron chi connectivity index (χ0n) is 11.3. The second-order valence-electron chi connectivity index (χ2n) is 5.04. The van der Waals surface area contributed by atoms with Crippen LogP contribution >= 0.6 is 11.6 Å². The fraction of sp³-hybridized carbons (Fsp3) is 0.333. The Morgan fingerprint density at radius 3 is 3.10 bits per heavy atom. The van der Waals surface area contributed by atoms with Crippen molar-refractivity contribution in [3.05, 3.63) is 45.2 Å². The third kappa shape index (κ3) is 2.80. The minimum atomic E-state index is -0.395. The first-order valence-electron chi connectivity index (χ1n) is 6.86. The Morgan fingerprint density at radius 1 is 1.48 bits per heavy atom. The van der Waals surface area contributed by atoms with Gasteiger partial charge in [-0.2, -0.15) is 0 Å². The Hall–Kier alpha value is -1.85. The van der Waals surface area contributed by atoms with Gasteiger partial charge in [0.25, 0.3) is 5.91 Å². The van der Waals surface area contributed by atoms with Gasteiger partial charge in [-0.15, -0.1) is 0 Å². The first-order chi connectivity index (χ1) is 10.2. The van der Waals surface area contributed by atoms with Gasteiger partial charge >= 0.3 is 0 Å². The van der Waals surface area contributed by atoms with Gasteiger partial charge in [0.05, 0.1) is 16.6 Å². The van der Waals surface area contributed by atoms with Gasteiger partial charge in [0.1, 0.15) is 5.56 Å². The van der Waals surface area contributed by atoms with Crippen LogP contribution in [0.2, 0.25) is 5.02 Å². The van der Waals surface area contributed by atoms with Crippen molar-refractivity contribution in [3.63, 3.8) is 0 Å². The summed E-state index contributed by atoms with van der Waals surface area (Å²) in [6, 6.07) is 5.03. The SMILES string of the molecule is O=C(NC[C@@H]1CCCO1)c1c[nH]c2c(Cl)cccc2c1=O. The molecule has 2 aromatic rings. The fourth-order valence-electron chi connectivity index (χ4n) is 2.49. The Balaban J connectivity index is 1.84. The third-order valence-corrected chi connectivity index (χ3v) is 3.94. The van der Waals surface area contributed by atoms with E-state index >= 15 is 0 Å². The average Bonchev–Trinajstić information content (AvgIpc) is 2.99. The molecule has 1 amide bonds. The predicted molar refractivity (Wildman–Crippen MR) is 80.9 cm³/mol. The number of hydrogen-bond acceptors (Lipinski definition) is 3. The summed E-state index contributed by atoms with van der Waals surface area (Å²) in [6.45, 7) is 1.15. The van der Waals surface area contributed by atoms with Crippen LogP contribution in [0.25, 0.3) is 10.9 Å². The number of pyridine rings is 1. The molecule has 3 rings (SSSR count). The Bertz CT molecular complexity index is 735. The van der Waals surface area contributed by atoms with Crippen LogP contribution in [0.3, 0.4) is 0 Å². The molecule has 6 heteroatoms. The minimum absolute atomic E-state index is 0.0444. The maximum absolute atomic E-state index is 12.3. The van der Waals surface area contributed by atoms with Gasteiger partial charge < -0.3 is 15.0 Å². The van der Waals surface area contributed by atoms with Crippen LogP contribution in [0, 0.1) is 0 Å². The molecule has 21 heavy (non-hydrogen) atoms. The topological polar surface area (TPSA) is 71.2 Å². The highest BCUT2D eigenvalue weighted by molar-refractivity contribution is 6.35. The number of hydrogen-bond donors (Lipinski definition) is 2. The van der Waals surface area contributed by atoms with E-state index < -0.39 is 5.91 Å². The number of carbonyl (C=O) groups excluding carboxylic acids is 1. The summed E-state index contributed by atoms with van der Waals surface area (Å²) in [7, 11) is 0. The van der Waals surface area contributed by atoms with E-state index in [0.717, 1.165) is 19.4 Å². The van der Waals surface area contributed by atoms with Gasteiger partial charge in [-0.3, -0.25) is 9.59 Å². The standard InChI is InChI=1S/C15H15ClN2O3/c16-12-5-1-4-10-13(12)17-8-11(14(10)19)15(20)18-7-9-3-2-6-21-9/h1,4-5,8-9H,2-3,6-7H2,(H,17,19)(H,18,20)/t9-/m0/s1. The lowest BCUT2D eigenvalue weighted by Crippen LogP contribution is -2.34. The lowest BCUT2D eigenvalue weighted by atomic mass is 10.1. The smallest absolute Gasteiger partial charge is 0.256 e. The molecule has 110 valence electrons. The van der Waals surface area contributed by atoms with E-state index in [2.05, 4.69) is 10.3 Å². The summed E-state index contributed by atoms with van der Waals surface area (Å²) in [5.41, 5.74) is 0.304. The van der Waals surface area contributed by atoms with Crippen molar-refractivity contribution >= 4 is 28.4 Å². The van der Waals surface area contributed by atoms with E-state index in [4.69, 9.17) is 16.3 Å². The van der Waals surface area contributed by atoms with Crippen LogP contribution in [0.1, 0.15) is 23.2 Å². The van der Waals surface area contributed by atoms with Gasteiger partial charge in [-0.05, 0) is 25.0 Å². The number of halogens is 1. The predicted octanol–water partition coefficient (Wildman–Crippen LogP) is 2.09. The monoisotopic (exact) mass is 306 g/mol. The Kier molecular flexibility index (Phi) is 3.94. The number of carbonyl (C=O) groups is 1. The number of rotatable bonds is 3. The highest BCUT2D eigenvalue weighted by atomic mass is 35.5. The molecular weight excluding hydrogens is 292 g/mol. The van der Waals surface area contributed by atoms with Gasteiger partial charge in [0.2, 0.25) is 5.43 Å². The maximum Gasteiger partial charge on any atom is 0.256 e. The van der Waals surface area contributed by atoms with E-state index in [-0.39, 0.29) is 17.1 Å². The van der Waals surface area contributed by atoms with Gasteiger partial charge in [-0.1, -0.05) is 17.7 Å². The lowest BCUT2D eigenvalue weighted by molar-refractivity contribution is 0.0857. The van der Waals surface area contributed by atoms with Gasteiger partial charge in [0, 0.05) is 24.7 Å². The molecule has 0 aliphatic carbocycles. The minimum Gasteiger partial charge on any atom is -0.376 e. The first kappa shape index (κ1) is 14.1. The molecule has 1 aliphatic heterocycles. The Labute approximate surface area is 126 Å². The zero-order valence-corrected chi connectivity index (χ0v) is 12.1. The summed E-state index contributed by atoms with van der Waals surface area (Å²) in [6.07, 6.45) is 3.39. The molecule has 1 saturated heterocycles. The quantitative estimate of drug-likeness (QED) is 0.912. The Morgan fingerprint density at radius 2 is 2.33 bits per heavy atom. The number of aromatic amines is 1. The van der Waals surface area contributed by atoms with Crippen LogP contribution < -0.4 is 10.7 Å². The molecular formula is C15H15ClN2O3. The van der Waals surface area contributed by atoms with E-state index in [1.54, 1.807) is 18.2 Å². The molecule has 1 aromatic heterocycles. The lowest BCUT2D eigenvalue weighted by Gasteiger charge is -2.11. The molecule has 1 fully saturated rings. The van der Waals surface area contributed by atoms with Crippen molar-refractivity contribution in [1.82, 2.24) is 10.3 Å². The molecule has 0 unspecified atom stereocenters. The molecule has 1 aliphatic rings. The number of amides is 1. The highest BCUT2D eigenvalue weighted by Gasteiger charge is 2.18. The fourth-order valence-corrected chi connectivity index (χ4v) is 2.72. The number of ether oxygens (including phenoxy) is 1. The second-order valence-corrected chi connectivity index (χ2v) is 5.45. The average molecular weight is 307 g/mol. The van der Waals surface area contributed by atoms with Crippen LogP contribution in [-0.2, 0) is 4.74 Å². The van der Waals surface area contributed by atoms with Crippen LogP contribution in [0.15, 0.2) is 29.2 Å². The number of fused-ring (bicyclic) bond motifs is 1. The van der Waals surface area contributed by atoms with Crippen LogP contribution in [0.4, 0.5) is 0 Å². The first-order valence-corrected chi connectivity index (χ1v) is 7.24. The van der Waals surface area contributed by atoms with Crippen molar-refractivity contribution < 1.29 is 9.53 Å². The van der Waals surface area contributed by atoms with E-state index in [9.17, 15) is 9.59 Å². The molecule has 5 nitrogen and oxygen atoms in total. The molecule has 0 spiro atoms. The van der Waals surface area contributed by atoms with Crippen molar-refractivity contribution in [2.75, 3.05) is 13.2 Å². The maximum atomic E-state index is 12.3. The summed E-state index contributed by atoms with van der Waals surface area (Å²) >= 11 is 6.02. The normalized spacial score (nSPS) is 18.0. The number of nitrogens with one attached hydrogen (secondary N) is 2. The van der Waals surface area contributed by atoms with E-state index in [1.807, 2.05) is 0 Å². The van der Waals surface area contributed by atoms with Crippen molar-refractivity contribution in [1.29, 1.82) is 0 Å². The van der Waals surface area contributed by atoms with Crippen molar-refractivity contribution in [2.24, 2.45) is 0 Å². The largest absolute Gasteiger partial charge is 0.376 e. The van der Waals surface area contributed by atoms with Crippen LogP contribution in [-0.4, -0.2) is 30.1 Å². The molecule has 2 N–H and O–H groups in total. The zero-order chi connectivity index (χ0) is 14.8. The highest BCUT2D eigenvalue weighted by Crippen LogP contribution is 2.18. The van der Waals surface area contributed by atoms with Crippen molar-refractivity contribution in [2.45, 2.75) is 18.9 Å². The molecule has 2 heterocycles. The summed E-state index contributed by atoms with van der Waals surface area (Å²) in [5, 5.41) is 3.61. The van der Waals surface area contributed by atoms with Gasteiger partial charge in [0.15, 0.2) is 0 Å². The molecule has 0 bridgehead atoms. The third-order valence-electron chi connectivity index (χ3n) is 3.62. The second kappa shape index (κ2) is 5.87. The number of para-hydroxylation sites is 1. The summed E-state index contributed by atoms with van der Waals surface area (Å²) < 4.78 is 5.44. The summed E-state index contributed by atoms with van der Waals surface area (Å²) in [5.74, 6) is -0.395. The van der Waals surface area contributed by atoms with E-state index in [1.165, 1.54) is 6.20 Å². The van der Waals surface area contributed by atoms with E-state index in [0.29, 0.717) is 22.5 Å². The van der Waals surface area contributed by atoms with Gasteiger partial charge in [-0.25, -0.2) is 0 Å². The number of H-pyrrole nitrogens is 1. The number of aromatic nitrogens is 1. The van der Waals surface area contributed by atoms with Crippen LogP contribution in [0.5, 0.6) is 0 Å². The molecule has 0 radical (unpaired) electrons. The molecule has 1 aromatic carbocycles.